The Hall–Kier alpha value is -0.570. The Morgan fingerprint density at radius 3 is 2.82 bits per heavy atom. The summed E-state index contributed by atoms with van der Waals surface area (Å²) in [6.45, 7) is 1.32. The first-order valence-electron chi connectivity index (χ1n) is 4.10. The lowest BCUT2D eigenvalue weighted by molar-refractivity contribution is -0.139. The highest BCUT2D eigenvalue weighted by Crippen LogP contribution is 2.24. The van der Waals surface area contributed by atoms with Crippen LogP contribution in [0.15, 0.2) is 0 Å². The molecular weight excluding hydrogens is 142 g/mol. The molecule has 0 unspecified atom stereocenters. The lowest BCUT2D eigenvalue weighted by Gasteiger charge is -2.25. The van der Waals surface area contributed by atoms with Crippen molar-refractivity contribution in [2.45, 2.75) is 19.3 Å². The quantitative estimate of drug-likeness (QED) is 0.606. The fourth-order valence-corrected chi connectivity index (χ4v) is 1.15. The van der Waals surface area contributed by atoms with Gasteiger partial charge in [0.2, 0.25) is 0 Å². The fraction of sp³-hybridized carbons (Fsp3) is 0.875. The summed E-state index contributed by atoms with van der Waals surface area (Å²) < 4.78 is 4.48. The molecule has 1 rings (SSSR count). The summed E-state index contributed by atoms with van der Waals surface area (Å²) >= 11 is 0. The highest BCUT2D eigenvalue weighted by atomic mass is 16.5. The average molecular weight is 157 g/mol. The van der Waals surface area contributed by atoms with Crippen LogP contribution in [0.25, 0.3) is 0 Å². The molecule has 0 aliphatic heterocycles. The van der Waals surface area contributed by atoms with Crippen molar-refractivity contribution >= 4 is 5.97 Å². The minimum absolute atomic E-state index is 0.177. The van der Waals surface area contributed by atoms with Gasteiger partial charge in [0, 0.05) is 0 Å². The zero-order valence-corrected chi connectivity index (χ0v) is 6.93. The normalized spacial score (nSPS) is 17.5. The first kappa shape index (κ1) is 8.53. The van der Waals surface area contributed by atoms with Crippen LogP contribution >= 0.6 is 0 Å². The van der Waals surface area contributed by atoms with Gasteiger partial charge in [0.1, 0.15) is 0 Å². The largest absolute Gasteiger partial charge is 0.468 e. The monoisotopic (exact) mass is 157 g/mol. The fourth-order valence-electron chi connectivity index (χ4n) is 1.15. The summed E-state index contributed by atoms with van der Waals surface area (Å²) in [4.78, 5) is 10.6. The van der Waals surface area contributed by atoms with Crippen molar-refractivity contribution < 1.29 is 9.53 Å². The molecule has 0 spiro atoms. The predicted molar refractivity (Wildman–Crippen MR) is 42.2 cm³/mol. The SMILES string of the molecule is COC(=O)CNCC1CCC1. The minimum Gasteiger partial charge on any atom is -0.468 e. The van der Waals surface area contributed by atoms with Gasteiger partial charge in [0.05, 0.1) is 13.7 Å². The van der Waals surface area contributed by atoms with E-state index >= 15 is 0 Å². The molecule has 0 amide bonds. The smallest absolute Gasteiger partial charge is 0.319 e. The summed E-state index contributed by atoms with van der Waals surface area (Å²) in [5, 5.41) is 3.06. The molecule has 0 aromatic heterocycles. The Labute approximate surface area is 67.1 Å². The van der Waals surface area contributed by atoms with Crippen LogP contribution in [0, 0.1) is 5.92 Å². The number of hydrogen-bond acceptors (Lipinski definition) is 3. The highest BCUT2D eigenvalue weighted by Gasteiger charge is 2.16. The minimum atomic E-state index is -0.177. The number of methoxy groups -OCH3 is 1. The molecule has 1 N–H and O–H groups in total. The number of carbonyl (C=O) groups is 1. The number of carbonyl (C=O) groups excluding carboxylic acids is 1. The summed E-state index contributed by atoms with van der Waals surface area (Å²) in [6, 6.07) is 0. The van der Waals surface area contributed by atoms with E-state index in [0.29, 0.717) is 6.54 Å². The third kappa shape index (κ3) is 2.89. The van der Waals surface area contributed by atoms with Gasteiger partial charge in [-0.2, -0.15) is 0 Å². The molecule has 0 heterocycles. The molecule has 1 saturated carbocycles. The lowest BCUT2D eigenvalue weighted by Crippen LogP contribution is -2.31. The zero-order valence-electron chi connectivity index (χ0n) is 6.93. The van der Waals surface area contributed by atoms with E-state index in [-0.39, 0.29) is 5.97 Å². The van der Waals surface area contributed by atoms with Crippen LogP contribution in [-0.4, -0.2) is 26.2 Å². The number of nitrogens with one attached hydrogen (secondary N) is 1. The van der Waals surface area contributed by atoms with E-state index in [1.807, 2.05) is 0 Å². The summed E-state index contributed by atoms with van der Waals surface area (Å²) in [5.74, 6) is 0.629. The molecule has 0 aromatic carbocycles. The van der Waals surface area contributed by atoms with Gasteiger partial charge >= 0.3 is 5.97 Å². The summed E-state index contributed by atoms with van der Waals surface area (Å²) in [7, 11) is 1.41. The third-order valence-corrected chi connectivity index (χ3v) is 2.15. The summed E-state index contributed by atoms with van der Waals surface area (Å²) in [5.41, 5.74) is 0. The first-order chi connectivity index (χ1) is 5.33. The number of hydrogen-bond donors (Lipinski definition) is 1. The Bertz CT molecular complexity index is 132. The van der Waals surface area contributed by atoms with Crippen molar-refractivity contribution in [3.05, 3.63) is 0 Å². The van der Waals surface area contributed by atoms with Gasteiger partial charge in [-0.1, -0.05) is 6.42 Å². The molecule has 3 heteroatoms. The van der Waals surface area contributed by atoms with Crippen LogP contribution < -0.4 is 5.32 Å². The van der Waals surface area contributed by atoms with Crippen molar-refractivity contribution in [2.75, 3.05) is 20.2 Å². The van der Waals surface area contributed by atoms with Crippen molar-refractivity contribution in [1.29, 1.82) is 0 Å². The van der Waals surface area contributed by atoms with Crippen molar-refractivity contribution in [2.24, 2.45) is 5.92 Å². The average Bonchev–Trinajstić information content (AvgIpc) is 1.94. The van der Waals surface area contributed by atoms with E-state index in [2.05, 4.69) is 10.1 Å². The maximum Gasteiger partial charge on any atom is 0.319 e. The molecule has 1 fully saturated rings. The lowest BCUT2D eigenvalue weighted by atomic mass is 9.85. The molecule has 64 valence electrons. The van der Waals surface area contributed by atoms with Crippen molar-refractivity contribution in [3.63, 3.8) is 0 Å². The Kier molecular flexibility index (Phi) is 3.36. The number of rotatable bonds is 4. The molecular formula is C8H15NO2. The van der Waals surface area contributed by atoms with Crippen LogP contribution in [0.4, 0.5) is 0 Å². The predicted octanol–water partition coefficient (Wildman–Crippen LogP) is 0.549. The molecule has 1 aliphatic rings. The first-order valence-corrected chi connectivity index (χ1v) is 4.10. The van der Waals surface area contributed by atoms with Gasteiger partial charge in [0.25, 0.3) is 0 Å². The van der Waals surface area contributed by atoms with Gasteiger partial charge in [0.15, 0.2) is 0 Å². The van der Waals surface area contributed by atoms with Gasteiger partial charge in [-0.05, 0) is 25.3 Å². The Balaban J connectivity index is 1.90. The van der Waals surface area contributed by atoms with Crippen LogP contribution in [0.5, 0.6) is 0 Å². The van der Waals surface area contributed by atoms with Crippen LogP contribution in [0.2, 0.25) is 0 Å². The van der Waals surface area contributed by atoms with Crippen LogP contribution in [0.1, 0.15) is 19.3 Å². The van der Waals surface area contributed by atoms with E-state index in [1.165, 1.54) is 26.4 Å². The molecule has 0 atom stereocenters. The Morgan fingerprint density at radius 1 is 1.64 bits per heavy atom. The maximum atomic E-state index is 10.6. The third-order valence-electron chi connectivity index (χ3n) is 2.15. The molecule has 3 nitrogen and oxygen atoms in total. The molecule has 0 saturated heterocycles. The van der Waals surface area contributed by atoms with E-state index in [4.69, 9.17) is 0 Å². The van der Waals surface area contributed by atoms with E-state index in [9.17, 15) is 4.79 Å². The number of esters is 1. The zero-order chi connectivity index (χ0) is 8.10. The number of ether oxygens (including phenoxy) is 1. The second-order valence-electron chi connectivity index (χ2n) is 3.00. The van der Waals surface area contributed by atoms with Crippen LogP contribution in [-0.2, 0) is 9.53 Å². The van der Waals surface area contributed by atoms with Gasteiger partial charge in [-0.25, -0.2) is 0 Å². The summed E-state index contributed by atoms with van der Waals surface area (Å²) in [6.07, 6.45) is 3.98. The highest BCUT2D eigenvalue weighted by molar-refractivity contribution is 5.71. The maximum absolute atomic E-state index is 10.6. The van der Waals surface area contributed by atoms with Gasteiger partial charge < -0.3 is 10.1 Å². The second-order valence-corrected chi connectivity index (χ2v) is 3.00. The molecule has 11 heavy (non-hydrogen) atoms. The standard InChI is InChI=1S/C8H15NO2/c1-11-8(10)6-9-5-7-3-2-4-7/h7,9H,2-6H2,1H3. The van der Waals surface area contributed by atoms with Crippen molar-refractivity contribution in [3.8, 4) is 0 Å². The van der Waals surface area contributed by atoms with E-state index < -0.39 is 0 Å². The van der Waals surface area contributed by atoms with Gasteiger partial charge in [-0.3, -0.25) is 4.79 Å². The molecule has 0 bridgehead atoms. The molecule has 1 aliphatic carbocycles. The molecule has 0 radical (unpaired) electrons. The topological polar surface area (TPSA) is 38.3 Å². The Morgan fingerprint density at radius 2 is 2.36 bits per heavy atom. The van der Waals surface area contributed by atoms with Crippen molar-refractivity contribution in [1.82, 2.24) is 5.32 Å². The second kappa shape index (κ2) is 4.34. The van der Waals surface area contributed by atoms with E-state index in [0.717, 1.165) is 12.5 Å². The van der Waals surface area contributed by atoms with Gasteiger partial charge in [-0.15, -0.1) is 0 Å². The van der Waals surface area contributed by atoms with E-state index in [1.54, 1.807) is 0 Å². The van der Waals surface area contributed by atoms with Crippen LogP contribution in [0.3, 0.4) is 0 Å². The molecule has 0 aromatic rings.